The lowest BCUT2D eigenvalue weighted by Gasteiger charge is -2.11. The van der Waals surface area contributed by atoms with Crippen LogP contribution < -0.4 is 5.32 Å². The summed E-state index contributed by atoms with van der Waals surface area (Å²) in [5.74, 6) is -8.04. The summed E-state index contributed by atoms with van der Waals surface area (Å²) < 4.78 is 46.8. The SMILES string of the molecule is CCCCNC=C(C(=O)OCC)C(=O)c1c(F)c(C)c(F)c(F)c1[N+](=O)[O-]. The first-order valence-corrected chi connectivity index (χ1v) is 8.15. The Labute approximate surface area is 153 Å². The smallest absolute Gasteiger partial charge is 0.343 e. The number of carbonyl (C=O) groups is 2. The number of hydrogen-bond acceptors (Lipinski definition) is 6. The molecule has 0 fully saturated rings. The standard InChI is InChI=1S/C17H19F3N2O5/c1-4-6-7-21-8-10(17(24)27-5-2)16(23)11-12(18)9(3)13(19)14(20)15(11)22(25)26/h8,21H,4-7H2,1-3H3. The van der Waals surface area contributed by atoms with Crippen molar-refractivity contribution in [2.75, 3.05) is 13.2 Å². The summed E-state index contributed by atoms with van der Waals surface area (Å²) in [6.07, 6.45) is 2.40. The fourth-order valence-electron chi connectivity index (χ4n) is 2.16. The van der Waals surface area contributed by atoms with Crippen LogP contribution in [-0.2, 0) is 9.53 Å². The van der Waals surface area contributed by atoms with Gasteiger partial charge in [-0.2, -0.15) is 4.39 Å². The number of ketones is 1. The minimum atomic E-state index is -1.98. The van der Waals surface area contributed by atoms with Gasteiger partial charge in [0.05, 0.1) is 11.5 Å². The molecule has 1 N–H and O–H groups in total. The number of nitrogens with zero attached hydrogens (tertiary/aromatic N) is 1. The lowest BCUT2D eigenvalue weighted by Crippen LogP contribution is -2.23. The monoisotopic (exact) mass is 388 g/mol. The van der Waals surface area contributed by atoms with Gasteiger partial charge < -0.3 is 10.1 Å². The van der Waals surface area contributed by atoms with Crippen LogP contribution in [-0.4, -0.2) is 29.8 Å². The van der Waals surface area contributed by atoms with Crippen molar-refractivity contribution >= 4 is 17.4 Å². The van der Waals surface area contributed by atoms with Gasteiger partial charge in [-0.3, -0.25) is 14.9 Å². The van der Waals surface area contributed by atoms with E-state index in [-0.39, 0.29) is 6.61 Å². The summed E-state index contributed by atoms with van der Waals surface area (Å²) in [4.78, 5) is 34.4. The van der Waals surface area contributed by atoms with Crippen LogP contribution in [0.15, 0.2) is 11.8 Å². The van der Waals surface area contributed by atoms with E-state index in [0.717, 1.165) is 19.5 Å². The van der Waals surface area contributed by atoms with Gasteiger partial charge in [-0.25, -0.2) is 13.6 Å². The Balaban J connectivity index is 3.57. The van der Waals surface area contributed by atoms with E-state index in [9.17, 15) is 32.9 Å². The molecule has 1 aromatic rings. The Bertz CT molecular complexity index is 794. The highest BCUT2D eigenvalue weighted by molar-refractivity contribution is 6.25. The van der Waals surface area contributed by atoms with Gasteiger partial charge in [-0.15, -0.1) is 0 Å². The molecule has 0 aliphatic heterocycles. The number of nitro groups is 1. The molecule has 0 amide bonds. The predicted molar refractivity (Wildman–Crippen MR) is 89.7 cm³/mol. The van der Waals surface area contributed by atoms with Crippen LogP contribution in [0, 0.1) is 34.5 Å². The van der Waals surface area contributed by atoms with Crippen molar-refractivity contribution in [3.63, 3.8) is 0 Å². The summed E-state index contributed by atoms with van der Waals surface area (Å²) >= 11 is 0. The molecule has 1 aromatic carbocycles. The molecule has 0 saturated heterocycles. The molecule has 0 heterocycles. The summed E-state index contributed by atoms with van der Waals surface area (Å²) in [5.41, 5.74) is -4.69. The van der Waals surface area contributed by atoms with Crippen molar-refractivity contribution in [3.8, 4) is 0 Å². The third-order valence-corrected chi connectivity index (χ3v) is 3.59. The number of unbranched alkanes of at least 4 members (excludes halogenated alkanes) is 1. The maximum Gasteiger partial charge on any atom is 0.343 e. The van der Waals surface area contributed by atoms with Crippen LogP contribution in [0.3, 0.4) is 0 Å². The number of Topliss-reactive ketones (excluding diaryl/α,β-unsaturated/α-hetero) is 1. The summed E-state index contributed by atoms with van der Waals surface area (Å²) in [6, 6.07) is 0. The number of ether oxygens (including phenoxy) is 1. The van der Waals surface area contributed by atoms with Gasteiger partial charge >= 0.3 is 11.7 Å². The number of nitro benzene ring substituents is 1. The predicted octanol–water partition coefficient (Wildman–Crippen LogP) is 3.34. The number of hydrogen-bond donors (Lipinski definition) is 1. The van der Waals surface area contributed by atoms with Crippen LogP contribution in [0.2, 0.25) is 0 Å². The maximum absolute atomic E-state index is 14.4. The average molecular weight is 388 g/mol. The van der Waals surface area contributed by atoms with E-state index in [0.29, 0.717) is 13.0 Å². The molecule has 0 aromatic heterocycles. The van der Waals surface area contributed by atoms with E-state index >= 15 is 0 Å². The quantitative estimate of drug-likeness (QED) is 0.0802. The number of halogens is 3. The van der Waals surface area contributed by atoms with E-state index in [2.05, 4.69) is 5.32 Å². The third-order valence-electron chi connectivity index (χ3n) is 3.59. The van der Waals surface area contributed by atoms with E-state index in [1.165, 1.54) is 6.92 Å². The number of nitrogens with one attached hydrogen (secondary N) is 1. The molecule has 1 rings (SSSR count). The van der Waals surface area contributed by atoms with Gasteiger partial charge in [0.2, 0.25) is 11.6 Å². The molecule has 10 heteroatoms. The van der Waals surface area contributed by atoms with Crippen molar-refractivity contribution in [2.45, 2.75) is 33.6 Å². The highest BCUT2D eigenvalue weighted by Gasteiger charge is 2.37. The van der Waals surface area contributed by atoms with Crippen LogP contribution in [0.25, 0.3) is 0 Å². The molecular weight excluding hydrogens is 369 g/mol. The molecule has 0 radical (unpaired) electrons. The number of esters is 1. The number of carbonyl (C=O) groups excluding carboxylic acids is 2. The van der Waals surface area contributed by atoms with Gasteiger partial charge in [0.25, 0.3) is 0 Å². The molecule has 0 unspecified atom stereocenters. The van der Waals surface area contributed by atoms with Crippen molar-refractivity contribution in [3.05, 3.63) is 50.5 Å². The van der Waals surface area contributed by atoms with Gasteiger partial charge in [0, 0.05) is 18.3 Å². The molecule has 7 nitrogen and oxygen atoms in total. The fourth-order valence-corrected chi connectivity index (χ4v) is 2.16. The van der Waals surface area contributed by atoms with Crippen molar-refractivity contribution in [1.29, 1.82) is 0 Å². The van der Waals surface area contributed by atoms with Crippen LogP contribution in [0.1, 0.15) is 42.6 Å². The Morgan fingerprint density at radius 1 is 1.19 bits per heavy atom. The Morgan fingerprint density at radius 2 is 1.81 bits per heavy atom. The zero-order chi connectivity index (χ0) is 20.7. The molecule has 148 valence electrons. The van der Waals surface area contributed by atoms with Crippen molar-refractivity contribution in [2.24, 2.45) is 0 Å². The summed E-state index contributed by atoms with van der Waals surface area (Å²) in [5, 5.41) is 13.8. The number of benzene rings is 1. The molecule has 0 atom stereocenters. The van der Waals surface area contributed by atoms with Crippen molar-refractivity contribution < 1.29 is 32.4 Å². The van der Waals surface area contributed by atoms with E-state index in [1.54, 1.807) is 0 Å². The molecule has 27 heavy (non-hydrogen) atoms. The van der Waals surface area contributed by atoms with E-state index in [4.69, 9.17) is 4.74 Å². The minimum Gasteiger partial charge on any atom is -0.462 e. The molecular formula is C17H19F3N2O5. The van der Waals surface area contributed by atoms with Crippen LogP contribution >= 0.6 is 0 Å². The molecule has 0 aliphatic rings. The second-order valence-corrected chi connectivity index (χ2v) is 5.46. The highest BCUT2D eigenvalue weighted by Crippen LogP contribution is 2.32. The molecule has 0 spiro atoms. The zero-order valence-electron chi connectivity index (χ0n) is 15.0. The topological polar surface area (TPSA) is 98.5 Å². The van der Waals surface area contributed by atoms with Crippen LogP contribution in [0.5, 0.6) is 0 Å². The Hall–Kier alpha value is -2.91. The van der Waals surface area contributed by atoms with Gasteiger partial charge in [-0.05, 0) is 20.3 Å². The van der Waals surface area contributed by atoms with Gasteiger partial charge in [0.15, 0.2) is 5.82 Å². The normalized spacial score (nSPS) is 11.3. The Kier molecular flexibility index (Phi) is 7.95. The summed E-state index contributed by atoms with van der Waals surface area (Å²) in [7, 11) is 0. The van der Waals surface area contributed by atoms with Gasteiger partial charge in [0.1, 0.15) is 17.0 Å². The fraction of sp³-hybridized carbons (Fsp3) is 0.412. The molecule has 0 aliphatic carbocycles. The maximum atomic E-state index is 14.4. The first-order chi connectivity index (χ1) is 12.7. The lowest BCUT2D eigenvalue weighted by molar-refractivity contribution is -0.388. The van der Waals surface area contributed by atoms with E-state index in [1.807, 2.05) is 6.92 Å². The third kappa shape index (κ3) is 4.83. The first kappa shape index (κ1) is 22.1. The second kappa shape index (κ2) is 9.70. The highest BCUT2D eigenvalue weighted by atomic mass is 19.2. The first-order valence-electron chi connectivity index (χ1n) is 8.15. The lowest BCUT2D eigenvalue weighted by atomic mass is 9.98. The largest absolute Gasteiger partial charge is 0.462 e. The summed E-state index contributed by atoms with van der Waals surface area (Å²) in [6.45, 7) is 4.40. The number of rotatable bonds is 9. The minimum absolute atomic E-state index is 0.125. The second-order valence-electron chi connectivity index (χ2n) is 5.46. The Morgan fingerprint density at radius 3 is 2.33 bits per heavy atom. The van der Waals surface area contributed by atoms with E-state index < -0.39 is 56.5 Å². The van der Waals surface area contributed by atoms with Crippen LogP contribution in [0.4, 0.5) is 18.9 Å². The average Bonchev–Trinajstić information content (AvgIpc) is 2.62. The zero-order valence-corrected chi connectivity index (χ0v) is 15.0. The molecule has 0 bridgehead atoms. The van der Waals surface area contributed by atoms with Gasteiger partial charge in [-0.1, -0.05) is 13.3 Å². The van der Waals surface area contributed by atoms with Crippen molar-refractivity contribution in [1.82, 2.24) is 5.32 Å². The molecule has 0 saturated carbocycles.